The largest absolute Gasteiger partial charge is 0.356 e. The Hall–Kier alpha value is -1.22. The number of hydrogen-bond acceptors (Lipinski definition) is 2. The Bertz CT molecular complexity index is 281. The van der Waals surface area contributed by atoms with Gasteiger partial charge in [-0.2, -0.15) is 0 Å². The van der Waals surface area contributed by atoms with Crippen molar-refractivity contribution in [3.63, 3.8) is 0 Å². The zero-order valence-electron chi connectivity index (χ0n) is 9.36. The third-order valence-corrected chi connectivity index (χ3v) is 2.88. The first-order valence-electron chi connectivity index (χ1n) is 5.36. The summed E-state index contributed by atoms with van der Waals surface area (Å²) in [5.74, 6) is 0.374. The van der Waals surface area contributed by atoms with Gasteiger partial charge in [-0.1, -0.05) is 19.0 Å². The SMILES string of the molecule is CC1(C)CC1C(=O)NCCCCN=[N+]=[N-]. The summed E-state index contributed by atoms with van der Waals surface area (Å²) in [5.41, 5.74) is 8.24. The molecule has 1 N–H and O–H groups in total. The van der Waals surface area contributed by atoms with E-state index in [9.17, 15) is 4.79 Å². The number of hydrogen-bond donors (Lipinski definition) is 1. The van der Waals surface area contributed by atoms with Gasteiger partial charge < -0.3 is 5.32 Å². The van der Waals surface area contributed by atoms with E-state index in [1.54, 1.807) is 0 Å². The molecule has 0 radical (unpaired) electrons. The average Bonchev–Trinajstić information content (AvgIpc) is 2.81. The van der Waals surface area contributed by atoms with Gasteiger partial charge >= 0.3 is 0 Å². The van der Waals surface area contributed by atoms with Crippen molar-refractivity contribution in [3.8, 4) is 0 Å². The smallest absolute Gasteiger partial charge is 0.223 e. The minimum atomic E-state index is 0.170. The molecule has 1 aliphatic rings. The van der Waals surface area contributed by atoms with Gasteiger partial charge in [0.1, 0.15) is 0 Å². The Morgan fingerprint density at radius 1 is 1.60 bits per heavy atom. The lowest BCUT2D eigenvalue weighted by atomic mass is 10.1. The van der Waals surface area contributed by atoms with Crippen molar-refractivity contribution in [2.24, 2.45) is 16.4 Å². The van der Waals surface area contributed by atoms with E-state index in [-0.39, 0.29) is 17.2 Å². The van der Waals surface area contributed by atoms with Gasteiger partial charge in [0.15, 0.2) is 0 Å². The average molecular weight is 210 g/mol. The van der Waals surface area contributed by atoms with E-state index in [0.29, 0.717) is 13.1 Å². The molecule has 1 amide bonds. The number of carbonyl (C=O) groups excluding carboxylic acids is 1. The Labute approximate surface area is 89.9 Å². The van der Waals surface area contributed by atoms with Gasteiger partial charge in [0.2, 0.25) is 5.91 Å². The molecular formula is C10H18N4O. The molecule has 0 spiro atoms. The number of nitrogens with zero attached hydrogens (tertiary/aromatic N) is 3. The first kappa shape index (κ1) is 11.9. The summed E-state index contributed by atoms with van der Waals surface area (Å²) in [5, 5.41) is 6.33. The van der Waals surface area contributed by atoms with E-state index in [1.165, 1.54) is 0 Å². The van der Waals surface area contributed by atoms with Crippen LogP contribution >= 0.6 is 0 Å². The molecule has 0 bridgehead atoms. The molecule has 1 unspecified atom stereocenters. The molecule has 15 heavy (non-hydrogen) atoms. The number of amides is 1. The highest BCUT2D eigenvalue weighted by molar-refractivity contribution is 5.82. The Balaban J connectivity index is 2.01. The lowest BCUT2D eigenvalue weighted by Gasteiger charge is -2.05. The van der Waals surface area contributed by atoms with Crippen molar-refractivity contribution in [3.05, 3.63) is 10.4 Å². The summed E-state index contributed by atoms with van der Waals surface area (Å²) < 4.78 is 0. The van der Waals surface area contributed by atoms with Gasteiger partial charge in [0.05, 0.1) is 0 Å². The minimum absolute atomic E-state index is 0.170. The fraction of sp³-hybridized carbons (Fsp3) is 0.900. The lowest BCUT2D eigenvalue weighted by Crippen LogP contribution is -2.27. The number of unbranched alkanes of at least 4 members (excludes halogenated alkanes) is 1. The summed E-state index contributed by atoms with van der Waals surface area (Å²) in [6.45, 7) is 5.42. The Morgan fingerprint density at radius 3 is 2.80 bits per heavy atom. The maximum absolute atomic E-state index is 11.5. The molecule has 0 heterocycles. The van der Waals surface area contributed by atoms with E-state index < -0.39 is 0 Å². The summed E-state index contributed by atoms with van der Waals surface area (Å²) in [6, 6.07) is 0. The zero-order valence-corrected chi connectivity index (χ0v) is 9.36. The van der Waals surface area contributed by atoms with Gasteiger partial charge in [0, 0.05) is 23.9 Å². The number of rotatable bonds is 6. The minimum Gasteiger partial charge on any atom is -0.356 e. The van der Waals surface area contributed by atoms with E-state index in [2.05, 4.69) is 29.2 Å². The van der Waals surface area contributed by atoms with Gasteiger partial charge in [-0.15, -0.1) is 0 Å². The Kier molecular flexibility index (Phi) is 3.97. The second kappa shape index (κ2) is 5.03. The van der Waals surface area contributed by atoms with Crippen molar-refractivity contribution in [2.75, 3.05) is 13.1 Å². The summed E-state index contributed by atoms with van der Waals surface area (Å²) in [4.78, 5) is 14.2. The molecule has 1 fully saturated rings. The van der Waals surface area contributed by atoms with E-state index in [0.717, 1.165) is 19.3 Å². The summed E-state index contributed by atoms with van der Waals surface area (Å²) in [7, 11) is 0. The standard InChI is InChI=1S/C10H18N4O/c1-10(2)7-8(10)9(15)12-5-3-4-6-13-14-11/h8H,3-7H2,1-2H3,(H,12,15). The predicted molar refractivity (Wildman–Crippen MR) is 58.1 cm³/mol. The molecule has 0 aromatic rings. The van der Waals surface area contributed by atoms with Crippen LogP contribution < -0.4 is 5.32 Å². The molecular weight excluding hydrogens is 192 g/mol. The molecule has 0 aromatic carbocycles. The van der Waals surface area contributed by atoms with E-state index in [4.69, 9.17) is 5.53 Å². The van der Waals surface area contributed by atoms with Crippen molar-refractivity contribution in [1.29, 1.82) is 0 Å². The lowest BCUT2D eigenvalue weighted by molar-refractivity contribution is -0.122. The van der Waals surface area contributed by atoms with Crippen LogP contribution in [0.4, 0.5) is 0 Å². The van der Waals surface area contributed by atoms with Crippen LogP contribution in [0.5, 0.6) is 0 Å². The van der Waals surface area contributed by atoms with Gasteiger partial charge in [-0.3, -0.25) is 4.79 Å². The molecule has 0 aromatic heterocycles. The monoisotopic (exact) mass is 210 g/mol. The predicted octanol–water partition coefficient (Wildman–Crippen LogP) is 2.24. The number of azide groups is 1. The van der Waals surface area contributed by atoms with Crippen molar-refractivity contribution in [1.82, 2.24) is 5.32 Å². The van der Waals surface area contributed by atoms with Gasteiger partial charge in [-0.25, -0.2) is 0 Å². The van der Waals surface area contributed by atoms with Crippen LogP contribution in [0, 0.1) is 11.3 Å². The normalized spacial score (nSPS) is 21.6. The molecule has 1 atom stereocenters. The topological polar surface area (TPSA) is 77.9 Å². The van der Waals surface area contributed by atoms with Crippen LogP contribution in [-0.4, -0.2) is 19.0 Å². The molecule has 1 aliphatic carbocycles. The third kappa shape index (κ3) is 3.80. The van der Waals surface area contributed by atoms with Crippen molar-refractivity contribution < 1.29 is 4.79 Å². The summed E-state index contributed by atoms with van der Waals surface area (Å²) >= 11 is 0. The molecule has 0 aliphatic heterocycles. The second-order valence-corrected chi connectivity index (χ2v) is 4.70. The maximum atomic E-state index is 11.5. The van der Waals surface area contributed by atoms with Crippen LogP contribution in [-0.2, 0) is 4.79 Å². The second-order valence-electron chi connectivity index (χ2n) is 4.70. The highest BCUT2D eigenvalue weighted by Gasteiger charge is 2.50. The van der Waals surface area contributed by atoms with Crippen LogP contribution in [0.25, 0.3) is 10.4 Å². The fourth-order valence-electron chi connectivity index (χ4n) is 1.60. The summed E-state index contributed by atoms with van der Waals surface area (Å²) in [6.07, 6.45) is 2.70. The third-order valence-electron chi connectivity index (χ3n) is 2.88. The molecule has 1 saturated carbocycles. The highest BCUT2D eigenvalue weighted by Crippen LogP contribution is 2.51. The fourth-order valence-corrected chi connectivity index (χ4v) is 1.60. The quantitative estimate of drug-likeness (QED) is 0.310. The molecule has 5 nitrogen and oxygen atoms in total. The number of nitrogens with one attached hydrogen (secondary N) is 1. The molecule has 5 heteroatoms. The van der Waals surface area contributed by atoms with E-state index in [1.807, 2.05) is 0 Å². The van der Waals surface area contributed by atoms with Crippen LogP contribution in [0.2, 0.25) is 0 Å². The molecule has 0 saturated heterocycles. The molecule has 84 valence electrons. The first-order valence-corrected chi connectivity index (χ1v) is 5.36. The van der Waals surface area contributed by atoms with Crippen molar-refractivity contribution in [2.45, 2.75) is 33.1 Å². The zero-order chi connectivity index (χ0) is 11.3. The van der Waals surface area contributed by atoms with Crippen LogP contribution in [0.3, 0.4) is 0 Å². The number of carbonyl (C=O) groups is 1. The van der Waals surface area contributed by atoms with E-state index >= 15 is 0 Å². The van der Waals surface area contributed by atoms with Gasteiger partial charge in [-0.05, 0) is 30.2 Å². The van der Waals surface area contributed by atoms with Crippen molar-refractivity contribution >= 4 is 5.91 Å². The first-order chi connectivity index (χ1) is 7.08. The van der Waals surface area contributed by atoms with Crippen LogP contribution in [0.1, 0.15) is 33.1 Å². The molecule has 1 rings (SSSR count). The highest BCUT2D eigenvalue weighted by atomic mass is 16.2. The maximum Gasteiger partial charge on any atom is 0.223 e. The van der Waals surface area contributed by atoms with Gasteiger partial charge in [0.25, 0.3) is 0 Å². The van der Waals surface area contributed by atoms with Crippen LogP contribution in [0.15, 0.2) is 5.11 Å². The Morgan fingerprint density at radius 2 is 2.27 bits per heavy atom.